The van der Waals surface area contributed by atoms with E-state index >= 15 is 0 Å². The number of hydrogen-bond acceptors (Lipinski definition) is 3. The molecule has 0 atom stereocenters. The maximum atomic E-state index is 4.53. The van der Waals surface area contributed by atoms with Crippen molar-refractivity contribution < 1.29 is 0 Å². The Kier molecular flexibility index (Phi) is 1.91. The van der Waals surface area contributed by atoms with Crippen LogP contribution in [-0.4, -0.2) is 11.0 Å². The van der Waals surface area contributed by atoms with Crippen LogP contribution in [-0.2, 0) is 0 Å². The van der Waals surface area contributed by atoms with Crippen molar-refractivity contribution in [2.75, 3.05) is 5.32 Å². The Morgan fingerprint density at radius 1 is 1.29 bits per heavy atom. The van der Waals surface area contributed by atoms with Crippen LogP contribution in [0.25, 0.3) is 10.2 Å². The summed E-state index contributed by atoms with van der Waals surface area (Å²) in [6, 6.07) is 8.88. The summed E-state index contributed by atoms with van der Waals surface area (Å²) in [6.07, 6.45) is 4.65. The Labute approximate surface area is 87.0 Å². The Morgan fingerprint density at radius 3 is 2.86 bits per heavy atom. The summed E-state index contributed by atoms with van der Waals surface area (Å²) in [5.74, 6) is 0. The van der Waals surface area contributed by atoms with Gasteiger partial charge in [0.2, 0.25) is 0 Å². The Balaban J connectivity index is 1.89. The van der Waals surface area contributed by atoms with Gasteiger partial charge in [0.1, 0.15) is 0 Å². The van der Waals surface area contributed by atoms with Crippen LogP contribution in [0, 0.1) is 6.42 Å². The van der Waals surface area contributed by atoms with Crippen LogP contribution in [0.1, 0.15) is 12.8 Å². The van der Waals surface area contributed by atoms with Gasteiger partial charge in [-0.15, -0.1) is 0 Å². The molecular weight excluding hydrogens is 192 g/mol. The molecule has 1 aliphatic rings. The molecule has 14 heavy (non-hydrogen) atoms. The van der Waals surface area contributed by atoms with Gasteiger partial charge in [-0.3, -0.25) is 0 Å². The number of rotatable bonds is 2. The van der Waals surface area contributed by atoms with E-state index in [1.807, 2.05) is 6.07 Å². The van der Waals surface area contributed by atoms with Crippen LogP contribution in [0.5, 0.6) is 0 Å². The lowest BCUT2D eigenvalue weighted by molar-refractivity contribution is 0.569. The van der Waals surface area contributed by atoms with Crippen LogP contribution in [0.4, 0.5) is 5.13 Å². The van der Waals surface area contributed by atoms with Gasteiger partial charge in [0.05, 0.1) is 10.2 Å². The van der Waals surface area contributed by atoms with Crippen molar-refractivity contribution in [2.45, 2.75) is 18.9 Å². The lowest BCUT2D eigenvalue weighted by Gasteiger charge is -2.25. The van der Waals surface area contributed by atoms with E-state index in [1.165, 1.54) is 17.5 Å². The second-order valence-corrected chi connectivity index (χ2v) is 4.62. The van der Waals surface area contributed by atoms with Gasteiger partial charge in [-0.2, -0.15) is 0 Å². The first-order chi connectivity index (χ1) is 6.92. The van der Waals surface area contributed by atoms with E-state index in [9.17, 15) is 0 Å². The van der Waals surface area contributed by atoms with E-state index in [2.05, 4.69) is 34.9 Å². The van der Waals surface area contributed by atoms with Crippen molar-refractivity contribution in [3.8, 4) is 0 Å². The molecule has 1 fully saturated rings. The van der Waals surface area contributed by atoms with Gasteiger partial charge in [-0.1, -0.05) is 23.5 Å². The average Bonchev–Trinajstić information content (AvgIpc) is 2.53. The van der Waals surface area contributed by atoms with E-state index in [0.29, 0.717) is 6.04 Å². The molecule has 1 aromatic heterocycles. The summed E-state index contributed by atoms with van der Waals surface area (Å²) in [5, 5.41) is 4.50. The largest absolute Gasteiger partial charge is 0.359 e. The molecule has 3 heteroatoms. The summed E-state index contributed by atoms with van der Waals surface area (Å²) in [4.78, 5) is 4.53. The highest BCUT2D eigenvalue weighted by molar-refractivity contribution is 7.22. The number of fused-ring (bicyclic) bond motifs is 1. The maximum absolute atomic E-state index is 4.53. The predicted molar refractivity (Wildman–Crippen MR) is 60.6 cm³/mol. The maximum Gasteiger partial charge on any atom is 0.184 e. The van der Waals surface area contributed by atoms with Gasteiger partial charge < -0.3 is 5.32 Å². The normalized spacial score (nSPS) is 16.9. The minimum atomic E-state index is 0.621. The number of hydrogen-bond donors (Lipinski definition) is 1. The van der Waals surface area contributed by atoms with Crippen molar-refractivity contribution in [1.82, 2.24) is 4.98 Å². The third-order valence-corrected chi connectivity index (χ3v) is 3.49. The van der Waals surface area contributed by atoms with E-state index in [4.69, 9.17) is 0 Å². The molecule has 0 spiro atoms. The van der Waals surface area contributed by atoms with Crippen molar-refractivity contribution in [1.29, 1.82) is 0 Å². The van der Waals surface area contributed by atoms with Crippen molar-refractivity contribution in [3.63, 3.8) is 0 Å². The van der Waals surface area contributed by atoms with Gasteiger partial charge >= 0.3 is 0 Å². The quantitative estimate of drug-likeness (QED) is 0.811. The van der Waals surface area contributed by atoms with Crippen molar-refractivity contribution >= 4 is 26.7 Å². The third-order valence-electron chi connectivity index (χ3n) is 2.52. The summed E-state index contributed by atoms with van der Waals surface area (Å²) in [5.41, 5.74) is 1.10. The summed E-state index contributed by atoms with van der Waals surface area (Å²) < 4.78 is 1.26. The summed E-state index contributed by atoms with van der Waals surface area (Å²) in [7, 11) is 0. The lowest BCUT2D eigenvalue weighted by Crippen LogP contribution is -2.27. The molecule has 0 bridgehead atoms. The van der Waals surface area contributed by atoms with Crippen molar-refractivity contribution in [2.24, 2.45) is 0 Å². The topological polar surface area (TPSA) is 24.9 Å². The molecule has 1 aromatic carbocycles. The zero-order valence-corrected chi connectivity index (χ0v) is 8.55. The highest BCUT2D eigenvalue weighted by atomic mass is 32.1. The number of nitrogens with one attached hydrogen (secondary N) is 1. The van der Waals surface area contributed by atoms with E-state index < -0.39 is 0 Å². The van der Waals surface area contributed by atoms with Gasteiger partial charge in [0.15, 0.2) is 5.13 Å². The van der Waals surface area contributed by atoms with Crippen molar-refractivity contribution in [3.05, 3.63) is 30.7 Å². The fourth-order valence-corrected chi connectivity index (χ4v) is 2.50. The lowest BCUT2D eigenvalue weighted by atomic mass is 9.93. The first-order valence-electron chi connectivity index (χ1n) is 4.85. The zero-order valence-electron chi connectivity index (χ0n) is 7.73. The molecule has 1 heterocycles. The van der Waals surface area contributed by atoms with Crippen LogP contribution >= 0.6 is 11.3 Å². The highest BCUT2D eigenvalue weighted by Crippen LogP contribution is 2.29. The number of thiazole rings is 1. The molecule has 0 amide bonds. The van der Waals surface area contributed by atoms with Crippen LogP contribution in [0.2, 0.25) is 0 Å². The second-order valence-electron chi connectivity index (χ2n) is 3.59. The number of nitrogens with zero attached hydrogens (tertiary/aromatic N) is 1. The number of benzene rings is 1. The number of anilines is 1. The SMILES string of the molecule is [CH]1CC(Nc2nc3ccccc3s2)C1. The van der Waals surface area contributed by atoms with Gasteiger partial charge in [0, 0.05) is 6.04 Å². The molecule has 1 radical (unpaired) electrons. The van der Waals surface area contributed by atoms with Gasteiger partial charge in [0.25, 0.3) is 0 Å². The molecule has 0 aliphatic heterocycles. The molecule has 0 unspecified atom stereocenters. The van der Waals surface area contributed by atoms with Gasteiger partial charge in [-0.25, -0.2) is 4.98 Å². The second kappa shape index (κ2) is 3.24. The molecule has 0 saturated heterocycles. The molecule has 3 rings (SSSR count). The molecule has 71 valence electrons. The Morgan fingerprint density at radius 2 is 2.14 bits per heavy atom. The Bertz CT molecular complexity index is 412. The molecule has 1 N–H and O–H groups in total. The van der Waals surface area contributed by atoms with Crippen LogP contribution < -0.4 is 5.32 Å². The smallest absolute Gasteiger partial charge is 0.184 e. The standard InChI is InChI=1S/C11H11N2S/c1-2-7-10-9(6-1)13-11(14-10)12-8-4-3-5-8/h1-3,6-8H,4-5H2,(H,12,13). The zero-order chi connectivity index (χ0) is 9.38. The van der Waals surface area contributed by atoms with Crippen LogP contribution in [0.15, 0.2) is 24.3 Å². The molecule has 1 saturated carbocycles. The Hall–Kier alpha value is -1.09. The molecular formula is C11H11N2S. The minimum absolute atomic E-state index is 0.621. The minimum Gasteiger partial charge on any atom is -0.359 e. The fraction of sp³-hybridized carbons (Fsp3) is 0.273. The molecule has 2 aromatic rings. The van der Waals surface area contributed by atoms with Gasteiger partial charge in [-0.05, 0) is 31.4 Å². The first kappa shape index (κ1) is 8.24. The number of para-hydroxylation sites is 1. The van der Waals surface area contributed by atoms with E-state index in [0.717, 1.165) is 10.6 Å². The summed E-state index contributed by atoms with van der Waals surface area (Å²) in [6.45, 7) is 0. The highest BCUT2D eigenvalue weighted by Gasteiger charge is 2.18. The van der Waals surface area contributed by atoms with Crippen LogP contribution in [0.3, 0.4) is 0 Å². The average molecular weight is 203 g/mol. The molecule has 2 nitrogen and oxygen atoms in total. The summed E-state index contributed by atoms with van der Waals surface area (Å²) >= 11 is 1.74. The molecule has 1 aliphatic carbocycles. The first-order valence-corrected chi connectivity index (χ1v) is 5.67. The van der Waals surface area contributed by atoms with E-state index in [1.54, 1.807) is 11.3 Å². The monoisotopic (exact) mass is 203 g/mol. The fourth-order valence-electron chi connectivity index (χ4n) is 1.56. The number of aromatic nitrogens is 1. The third kappa shape index (κ3) is 1.38. The van der Waals surface area contributed by atoms with E-state index in [-0.39, 0.29) is 0 Å². The predicted octanol–water partition coefficient (Wildman–Crippen LogP) is 3.07.